The molecule has 1 atom stereocenters. The Bertz CT molecular complexity index is 792. The predicted octanol–water partition coefficient (Wildman–Crippen LogP) is 4.35. The third-order valence-corrected chi connectivity index (χ3v) is 3.94. The van der Waals surface area contributed by atoms with Crippen LogP contribution in [0, 0.1) is 0 Å². The Balaban J connectivity index is 0.000000847. The standard InChI is InChI=1S/C13H12Cl2N4O.C2H6/c1-6(20)12-10-7(9-3-4-19(2)18-9)5-8(14)11(15)13(10)17-16-12;1-2/h3-6,20H,1-2H3,(H,16,17);1-2H3. The van der Waals surface area contributed by atoms with E-state index >= 15 is 0 Å². The molecule has 0 spiro atoms. The summed E-state index contributed by atoms with van der Waals surface area (Å²) in [7, 11) is 1.84. The molecule has 0 amide bonds. The molecule has 118 valence electrons. The molecule has 5 nitrogen and oxygen atoms in total. The number of aromatic nitrogens is 4. The zero-order valence-corrected chi connectivity index (χ0v) is 14.4. The second kappa shape index (κ2) is 6.69. The summed E-state index contributed by atoms with van der Waals surface area (Å²) < 4.78 is 1.70. The topological polar surface area (TPSA) is 66.7 Å². The number of nitrogens with one attached hydrogen (secondary N) is 1. The van der Waals surface area contributed by atoms with Gasteiger partial charge in [0.1, 0.15) is 5.52 Å². The fourth-order valence-corrected chi connectivity index (χ4v) is 2.62. The van der Waals surface area contributed by atoms with E-state index in [-0.39, 0.29) is 0 Å². The second-order valence-corrected chi connectivity index (χ2v) is 5.42. The average Bonchev–Trinajstić information content (AvgIpc) is 3.11. The monoisotopic (exact) mass is 340 g/mol. The van der Waals surface area contributed by atoms with Crippen LogP contribution in [0.2, 0.25) is 10.0 Å². The van der Waals surface area contributed by atoms with E-state index in [9.17, 15) is 5.11 Å². The smallest absolute Gasteiger partial charge is 0.113 e. The lowest BCUT2D eigenvalue weighted by atomic mass is 10.0. The number of nitrogens with zero attached hydrogens (tertiary/aromatic N) is 3. The van der Waals surface area contributed by atoms with Crippen LogP contribution in [0.4, 0.5) is 0 Å². The number of rotatable bonds is 2. The molecule has 0 fully saturated rings. The van der Waals surface area contributed by atoms with E-state index in [1.54, 1.807) is 17.7 Å². The summed E-state index contributed by atoms with van der Waals surface area (Å²) in [5.74, 6) is 0. The van der Waals surface area contributed by atoms with Gasteiger partial charge in [-0.05, 0) is 19.1 Å². The molecule has 0 aliphatic rings. The number of hydrogen-bond donors (Lipinski definition) is 2. The van der Waals surface area contributed by atoms with E-state index in [1.807, 2.05) is 33.2 Å². The summed E-state index contributed by atoms with van der Waals surface area (Å²) in [6.07, 6.45) is 1.14. The number of fused-ring (bicyclic) bond motifs is 1. The molecule has 2 aromatic heterocycles. The third kappa shape index (κ3) is 2.84. The van der Waals surface area contributed by atoms with Crippen LogP contribution in [-0.4, -0.2) is 25.1 Å². The van der Waals surface area contributed by atoms with Gasteiger partial charge < -0.3 is 5.11 Å². The van der Waals surface area contributed by atoms with E-state index in [0.29, 0.717) is 21.3 Å². The van der Waals surface area contributed by atoms with Crippen molar-refractivity contribution in [3.8, 4) is 11.3 Å². The number of aromatic amines is 1. The molecular weight excluding hydrogens is 323 g/mol. The maximum absolute atomic E-state index is 9.87. The highest BCUT2D eigenvalue weighted by Gasteiger charge is 2.20. The Morgan fingerprint density at radius 1 is 1.32 bits per heavy atom. The molecule has 0 saturated carbocycles. The normalized spacial score (nSPS) is 12.1. The van der Waals surface area contributed by atoms with Gasteiger partial charge >= 0.3 is 0 Å². The molecule has 22 heavy (non-hydrogen) atoms. The SMILES string of the molecule is CC.CC(O)c1[nH]nc2c(Cl)c(Cl)cc(-c3ccn(C)n3)c12. The molecule has 7 heteroatoms. The van der Waals surface area contributed by atoms with Gasteiger partial charge in [-0.2, -0.15) is 10.2 Å². The van der Waals surface area contributed by atoms with Crippen LogP contribution in [0.15, 0.2) is 18.3 Å². The van der Waals surface area contributed by atoms with E-state index in [1.165, 1.54) is 0 Å². The van der Waals surface area contributed by atoms with Gasteiger partial charge in [-0.15, -0.1) is 0 Å². The minimum absolute atomic E-state index is 0.365. The average molecular weight is 341 g/mol. The van der Waals surface area contributed by atoms with Crippen molar-refractivity contribution in [2.45, 2.75) is 26.9 Å². The minimum Gasteiger partial charge on any atom is -0.387 e. The first kappa shape index (κ1) is 16.8. The largest absolute Gasteiger partial charge is 0.387 e. The molecular formula is C15H18Cl2N4O. The van der Waals surface area contributed by atoms with Crippen molar-refractivity contribution in [3.63, 3.8) is 0 Å². The first-order valence-corrected chi connectivity index (χ1v) is 7.78. The highest BCUT2D eigenvalue weighted by Crippen LogP contribution is 2.39. The van der Waals surface area contributed by atoms with E-state index < -0.39 is 6.10 Å². The summed E-state index contributed by atoms with van der Waals surface area (Å²) >= 11 is 12.3. The lowest BCUT2D eigenvalue weighted by Gasteiger charge is -2.07. The van der Waals surface area contributed by atoms with Crippen molar-refractivity contribution >= 4 is 34.1 Å². The molecule has 0 saturated heterocycles. The maximum atomic E-state index is 9.87. The number of aliphatic hydroxyl groups is 1. The van der Waals surface area contributed by atoms with Crippen LogP contribution in [0.1, 0.15) is 32.6 Å². The van der Waals surface area contributed by atoms with Crippen LogP contribution in [0.5, 0.6) is 0 Å². The zero-order valence-electron chi connectivity index (χ0n) is 12.9. The van der Waals surface area contributed by atoms with Crippen molar-refractivity contribution < 1.29 is 5.11 Å². The molecule has 2 heterocycles. The summed E-state index contributed by atoms with van der Waals surface area (Å²) in [5.41, 5.74) is 2.67. The molecule has 0 aliphatic heterocycles. The zero-order chi connectivity index (χ0) is 16.4. The number of halogens is 2. The van der Waals surface area contributed by atoms with Crippen LogP contribution in [0.25, 0.3) is 22.2 Å². The molecule has 0 radical (unpaired) electrons. The summed E-state index contributed by atoms with van der Waals surface area (Å²) in [6, 6.07) is 3.62. The van der Waals surface area contributed by atoms with Crippen LogP contribution < -0.4 is 0 Å². The lowest BCUT2D eigenvalue weighted by molar-refractivity contribution is 0.195. The van der Waals surface area contributed by atoms with E-state index in [2.05, 4.69) is 15.3 Å². The summed E-state index contributed by atoms with van der Waals surface area (Å²) in [5, 5.41) is 22.7. The quantitative estimate of drug-likeness (QED) is 0.728. The maximum Gasteiger partial charge on any atom is 0.113 e. The number of aryl methyl sites for hydroxylation is 1. The first-order valence-electron chi connectivity index (χ1n) is 7.03. The Labute approximate surface area is 138 Å². The van der Waals surface area contributed by atoms with E-state index in [0.717, 1.165) is 16.6 Å². The predicted molar refractivity (Wildman–Crippen MR) is 90.3 cm³/mol. The molecule has 1 aromatic carbocycles. The first-order chi connectivity index (χ1) is 10.5. The van der Waals surface area contributed by atoms with Gasteiger partial charge in [-0.25, -0.2) is 0 Å². The molecule has 0 bridgehead atoms. The van der Waals surface area contributed by atoms with Crippen molar-refractivity contribution in [2.75, 3.05) is 0 Å². The van der Waals surface area contributed by atoms with Crippen molar-refractivity contribution in [3.05, 3.63) is 34.1 Å². The van der Waals surface area contributed by atoms with Gasteiger partial charge in [0.05, 0.1) is 27.5 Å². The summed E-state index contributed by atoms with van der Waals surface area (Å²) in [4.78, 5) is 0. The van der Waals surface area contributed by atoms with Crippen LogP contribution >= 0.6 is 23.2 Å². The molecule has 3 rings (SSSR count). The Morgan fingerprint density at radius 2 is 2.00 bits per heavy atom. The fraction of sp³-hybridized carbons (Fsp3) is 0.333. The van der Waals surface area contributed by atoms with Gasteiger partial charge in [0, 0.05) is 24.2 Å². The van der Waals surface area contributed by atoms with Gasteiger partial charge in [-0.1, -0.05) is 37.0 Å². The molecule has 0 aliphatic carbocycles. The fourth-order valence-electron chi connectivity index (χ4n) is 2.23. The number of aliphatic hydroxyl groups excluding tert-OH is 1. The lowest BCUT2D eigenvalue weighted by Crippen LogP contribution is -1.94. The van der Waals surface area contributed by atoms with E-state index in [4.69, 9.17) is 23.2 Å². The molecule has 3 aromatic rings. The van der Waals surface area contributed by atoms with Crippen LogP contribution in [0.3, 0.4) is 0 Å². The highest BCUT2D eigenvalue weighted by molar-refractivity contribution is 6.45. The van der Waals surface area contributed by atoms with Crippen molar-refractivity contribution in [1.82, 2.24) is 20.0 Å². The second-order valence-electron chi connectivity index (χ2n) is 4.63. The van der Waals surface area contributed by atoms with Gasteiger partial charge in [0.25, 0.3) is 0 Å². The van der Waals surface area contributed by atoms with Crippen molar-refractivity contribution in [2.24, 2.45) is 7.05 Å². The Morgan fingerprint density at radius 3 is 2.55 bits per heavy atom. The molecule has 2 N–H and O–H groups in total. The number of benzene rings is 1. The van der Waals surface area contributed by atoms with Crippen LogP contribution in [-0.2, 0) is 7.05 Å². The minimum atomic E-state index is -0.695. The highest BCUT2D eigenvalue weighted by atomic mass is 35.5. The van der Waals surface area contributed by atoms with Gasteiger partial charge in [0.2, 0.25) is 0 Å². The number of H-pyrrole nitrogens is 1. The Hall–Kier alpha value is -1.56. The number of hydrogen-bond acceptors (Lipinski definition) is 3. The van der Waals surface area contributed by atoms with Crippen molar-refractivity contribution in [1.29, 1.82) is 0 Å². The Kier molecular flexibility index (Phi) is 5.11. The van der Waals surface area contributed by atoms with Gasteiger partial charge in [-0.3, -0.25) is 9.78 Å². The molecule has 1 unspecified atom stereocenters. The third-order valence-electron chi connectivity index (χ3n) is 3.16. The summed E-state index contributed by atoms with van der Waals surface area (Å²) in [6.45, 7) is 5.66. The van der Waals surface area contributed by atoms with Gasteiger partial charge in [0.15, 0.2) is 0 Å².